The Morgan fingerprint density at radius 2 is 0.940 bits per heavy atom. The smallest absolute Gasteiger partial charge is 0.408 e. The van der Waals surface area contributed by atoms with Crippen LogP contribution in [0.15, 0.2) is 72.2 Å². The maximum absolute atomic E-state index is 13.2. The average molecular weight is 695 g/mol. The van der Waals surface area contributed by atoms with Crippen LogP contribution in [0.3, 0.4) is 0 Å². The molecule has 50 heavy (non-hydrogen) atoms. The van der Waals surface area contributed by atoms with Gasteiger partial charge in [-0.05, 0) is 76.9 Å². The Morgan fingerprint density at radius 3 is 1.24 bits per heavy atom. The van der Waals surface area contributed by atoms with E-state index in [1.54, 1.807) is 65.8 Å². The SMILES string of the molecule is COC(=O)[C@H](Cc1ccc(OC2=CC(=O)C=C(Oc3ccc(C[C@H](NC(=O)OC(C)(C)C)C(=O)OC)cc3)C2=O)cc1)NC(=O)OC(C)(C)C. The molecular weight excluding hydrogens is 652 g/mol. The van der Waals surface area contributed by atoms with E-state index in [0.29, 0.717) is 11.1 Å². The lowest BCUT2D eigenvalue weighted by Crippen LogP contribution is -2.45. The fraction of sp³-hybridized carbons (Fsp3) is 0.389. The third-order valence-corrected chi connectivity index (χ3v) is 6.53. The highest BCUT2D eigenvalue weighted by atomic mass is 16.6. The molecule has 268 valence electrons. The summed E-state index contributed by atoms with van der Waals surface area (Å²) in [4.78, 5) is 74.7. The number of carbonyl (C=O) groups excluding carboxylic acids is 6. The fourth-order valence-corrected chi connectivity index (χ4v) is 4.39. The van der Waals surface area contributed by atoms with Gasteiger partial charge in [0, 0.05) is 25.0 Å². The highest BCUT2D eigenvalue weighted by Crippen LogP contribution is 2.24. The molecule has 2 N–H and O–H groups in total. The van der Waals surface area contributed by atoms with Gasteiger partial charge in [0.1, 0.15) is 34.8 Å². The third kappa shape index (κ3) is 12.4. The van der Waals surface area contributed by atoms with Gasteiger partial charge in [0.25, 0.3) is 5.78 Å². The van der Waals surface area contributed by atoms with Gasteiger partial charge in [-0.3, -0.25) is 9.59 Å². The number of alkyl carbamates (subject to hydrolysis) is 2. The Morgan fingerprint density at radius 1 is 0.600 bits per heavy atom. The molecule has 0 aromatic heterocycles. The van der Waals surface area contributed by atoms with Crippen molar-refractivity contribution in [3.05, 3.63) is 83.3 Å². The minimum absolute atomic E-state index is 0.0788. The van der Waals surface area contributed by atoms with Gasteiger partial charge in [0.05, 0.1) is 14.2 Å². The van der Waals surface area contributed by atoms with Crippen LogP contribution in [-0.4, -0.2) is 73.2 Å². The molecule has 3 rings (SSSR count). The molecule has 0 unspecified atom stereocenters. The molecule has 0 bridgehead atoms. The zero-order valence-corrected chi connectivity index (χ0v) is 29.2. The standard InChI is InChI=1S/C36H42N2O12/c1-35(2,3)49-33(43)37-26(31(41)45-7)17-21-9-13-24(14-10-21)47-28-19-23(39)20-29(30(28)40)48-25-15-11-22(12-16-25)18-27(32(42)46-8)38-34(44)50-36(4,5)6/h9-16,19-20,26-27H,17-18H2,1-8H3,(H,37,43)(H,38,44)/t26-,27-/m0/s1. The molecule has 2 amide bonds. The summed E-state index contributed by atoms with van der Waals surface area (Å²) in [6, 6.07) is 10.6. The second kappa shape index (κ2) is 16.6. The Bertz CT molecular complexity index is 1530. The summed E-state index contributed by atoms with van der Waals surface area (Å²) in [7, 11) is 2.41. The van der Waals surface area contributed by atoms with E-state index in [1.165, 1.54) is 38.5 Å². The maximum Gasteiger partial charge on any atom is 0.408 e. The number of carbonyl (C=O) groups is 6. The van der Waals surface area contributed by atoms with E-state index in [0.717, 1.165) is 12.2 Å². The highest BCUT2D eigenvalue weighted by molar-refractivity contribution is 6.18. The molecule has 14 nitrogen and oxygen atoms in total. The lowest BCUT2D eigenvalue weighted by Gasteiger charge is -2.22. The second-order valence-electron chi connectivity index (χ2n) is 13.1. The van der Waals surface area contributed by atoms with Gasteiger partial charge < -0.3 is 39.1 Å². The number of rotatable bonds is 12. The fourth-order valence-electron chi connectivity index (χ4n) is 4.39. The van der Waals surface area contributed by atoms with Crippen molar-refractivity contribution in [2.75, 3.05) is 14.2 Å². The first-order chi connectivity index (χ1) is 23.3. The van der Waals surface area contributed by atoms with E-state index in [1.807, 2.05) is 0 Å². The van der Waals surface area contributed by atoms with Crippen LogP contribution in [0.1, 0.15) is 52.7 Å². The van der Waals surface area contributed by atoms with Crippen LogP contribution in [0.4, 0.5) is 9.59 Å². The Balaban J connectivity index is 1.63. The summed E-state index contributed by atoms with van der Waals surface area (Å²) in [6.45, 7) is 10.2. The van der Waals surface area contributed by atoms with Crippen LogP contribution in [-0.2, 0) is 51.0 Å². The van der Waals surface area contributed by atoms with Crippen LogP contribution in [0.2, 0.25) is 0 Å². The van der Waals surface area contributed by atoms with Crippen LogP contribution in [0.5, 0.6) is 11.5 Å². The van der Waals surface area contributed by atoms with Crippen molar-refractivity contribution in [1.29, 1.82) is 0 Å². The molecule has 0 spiro atoms. The number of esters is 2. The average Bonchev–Trinajstić information content (AvgIpc) is 3.01. The summed E-state index contributed by atoms with van der Waals surface area (Å²) in [5, 5.41) is 5.01. The second-order valence-corrected chi connectivity index (χ2v) is 13.1. The first-order valence-corrected chi connectivity index (χ1v) is 15.6. The number of benzene rings is 2. The first-order valence-electron chi connectivity index (χ1n) is 15.6. The van der Waals surface area contributed by atoms with Crippen molar-refractivity contribution in [3.63, 3.8) is 0 Å². The quantitative estimate of drug-likeness (QED) is 0.183. The number of methoxy groups -OCH3 is 2. The van der Waals surface area contributed by atoms with Crippen LogP contribution in [0.25, 0.3) is 0 Å². The number of hydrogen-bond acceptors (Lipinski definition) is 12. The summed E-state index contributed by atoms with van der Waals surface area (Å²) in [5.41, 5.74) is -0.257. The predicted octanol–water partition coefficient (Wildman–Crippen LogP) is 4.28. The van der Waals surface area contributed by atoms with Crippen LogP contribution < -0.4 is 20.1 Å². The molecule has 0 aliphatic heterocycles. The zero-order valence-electron chi connectivity index (χ0n) is 29.2. The lowest BCUT2D eigenvalue weighted by molar-refractivity contribution is -0.143. The topological polar surface area (TPSA) is 182 Å². The summed E-state index contributed by atoms with van der Waals surface area (Å²) in [6.07, 6.45) is 0.679. The Kier molecular flexibility index (Phi) is 12.9. The van der Waals surface area contributed by atoms with Gasteiger partial charge in [0.15, 0.2) is 17.3 Å². The van der Waals surface area contributed by atoms with Gasteiger partial charge in [-0.25, -0.2) is 19.2 Å². The molecule has 0 saturated carbocycles. The summed E-state index contributed by atoms with van der Waals surface area (Å²) in [5.74, 6) is -2.65. The van der Waals surface area contributed by atoms with Crippen molar-refractivity contribution in [1.82, 2.24) is 10.6 Å². The van der Waals surface area contributed by atoms with Crippen molar-refractivity contribution in [2.45, 2.75) is 77.7 Å². The molecule has 1 aliphatic rings. The van der Waals surface area contributed by atoms with Crippen LogP contribution in [0, 0.1) is 0 Å². The molecule has 2 atom stereocenters. The van der Waals surface area contributed by atoms with Gasteiger partial charge in [-0.2, -0.15) is 0 Å². The Hall–Kier alpha value is -5.66. The van der Waals surface area contributed by atoms with Gasteiger partial charge in [-0.1, -0.05) is 24.3 Å². The van der Waals surface area contributed by atoms with Crippen molar-refractivity contribution in [3.8, 4) is 11.5 Å². The maximum atomic E-state index is 13.2. The lowest BCUT2D eigenvalue weighted by atomic mass is 10.1. The summed E-state index contributed by atoms with van der Waals surface area (Å²) < 4.78 is 31.5. The van der Waals surface area contributed by atoms with E-state index in [2.05, 4.69) is 10.6 Å². The number of ketones is 2. The van der Waals surface area contributed by atoms with Gasteiger partial charge in [-0.15, -0.1) is 0 Å². The number of nitrogens with one attached hydrogen (secondary N) is 2. The molecule has 0 fully saturated rings. The molecule has 0 radical (unpaired) electrons. The van der Waals surface area contributed by atoms with Crippen LogP contribution >= 0.6 is 0 Å². The van der Waals surface area contributed by atoms with Crippen molar-refractivity contribution < 1.29 is 57.2 Å². The van der Waals surface area contributed by atoms with E-state index in [9.17, 15) is 28.8 Å². The number of ether oxygens (including phenoxy) is 6. The Labute approximate surface area is 290 Å². The van der Waals surface area contributed by atoms with E-state index in [-0.39, 0.29) is 35.9 Å². The molecule has 2 aromatic rings. The minimum atomic E-state index is -1.02. The van der Waals surface area contributed by atoms with Gasteiger partial charge in [0.2, 0.25) is 0 Å². The molecule has 0 heterocycles. The van der Waals surface area contributed by atoms with Crippen molar-refractivity contribution >= 4 is 35.7 Å². The van der Waals surface area contributed by atoms with Crippen molar-refractivity contribution in [2.24, 2.45) is 0 Å². The molecule has 0 saturated heterocycles. The monoisotopic (exact) mass is 694 g/mol. The normalized spacial score (nSPS) is 14.2. The number of allylic oxidation sites excluding steroid dienone is 2. The number of hydrogen-bond donors (Lipinski definition) is 2. The van der Waals surface area contributed by atoms with E-state index < -0.39 is 59.0 Å². The zero-order chi connectivity index (χ0) is 37.2. The number of Topliss-reactive ketones (excluding diaryl/α,β-unsaturated/α-hetero) is 1. The number of amides is 2. The molecule has 14 heteroatoms. The predicted molar refractivity (Wildman–Crippen MR) is 178 cm³/mol. The molecule has 1 aliphatic carbocycles. The van der Waals surface area contributed by atoms with E-state index in [4.69, 9.17) is 28.4 Å². The first kappa shape index (κ1) is 38.8. The molecule has 2 aromatic carbocycles. The highest BCUT2D eigenvalue weighted by Gasteiger charge is 2.29. The summed E-state index contributed by atoms with van der Waals surface area (Å²) >= 11 is 0. The minimum Gasteiger partial charge on any atom is -0.467 e. The largest absolute Gasteiger partial charge is 0.467 e. The van der Waals surface area contributed by atoms with Gasteiger partial charge >= 0.3 is 24.1 Å². The molecular formula is C36H42N2O12. The third-order valence-electron chi connectivity index (χ3n) is 6.53. The van der Waals surface area contributed by atoms with E-state index >= 15 is 0 Å².